The maximum Gasteiger partial charge on any atom is 0.216 e. The van der Waals surface area contributed by atoms with E-state index < -0.39 is 0 Å². The molecule has 0 fully saturated rings. The first-order valence-corrected chi connectivity index (χ1v) is 9.33. The second-order valence-electron chi connectivity index (χ2n) is 7.02. The number of carbonyl (C=O) groups excluding carboxylic acids is 1. The summed E-state index contributed by atoms with van der Waals surface area (Å²) in [6, 6.07) is 18.0. The number of benzene rings is 2. The van der Waals surface area contributed by atoms with Gasteiger partial charge in [0.2, 0.25) is 5.91 Å². The first-order valence-electron chi connectivity index (χ1n) is 9.33. The molecule has 1 amide bonds. The van der Waals surface area contributed by atoms with Gasteiger partial charge in [0, 0.05) is 32.0 Å². The Bertz CT molecular complexity index is 680. The number of amides is 1. The van der Waals surface area contributed by atoms with Crippen molar-refractivity contribution in [1.29, 1.82) is 0 Å². The Labute approximate surface area is 150 Å². The maximum absolute atomic E-state index is 10.9. The SMILES string of the molecule is CC(=O)NCCCCC(C)NCC1c2ccccc2-c2ccccc21. The van der Waals surface area contributed by atoms with Crippen LogP contribution in [-0.2, 0) is 4.79 Å². The predicted molar refractivity (Wildman–Crippen MR) is 104 cm³/mol. The highest BCUT2D eigenvalue weighted by atomic mass is 16.1. The molecule has 1 atom stereocenters. The summed E-state index contributed by atoms with van der Waals surface area (Å²) in [5.41, 5.74) is 5.64. The molecule has 0 saturated carbocycles. The van der Waals surface area contributed by atoms with Crippen molar-refractivity contribution in [3.05, 3.63) is 59.7 Å². The summed E-state index contributed by atoms with van der Waals surface area (Å²) in [7, 11) is 0. The molecule has 2 aromatic carbocycles. The minimum absolute atomic E-state index is 0.0599. The molecule has 1 aliphatic carbocycles. The monoisotopic (exact) mass is 336 g/mol. The highest BCUT2D eigenvalue weighted by molar-refractivity contribution is 5.78. The number of rotatable bonds is 8. The minimum atomic E-state index is 0.0599. The van der Waals surface area contributed by atoms with Crippen molar-refractivity contribution < 1.29 is 4.79 Å². The average Bonchev–Trinajstić information content (AvgIpc) is 2.93. The zero-order chi connectivity index (χ0) is 17.6. The van der Waals surface area contributed by atoms with Crippen molar-refractivity contribution >= 4 is 5.91 Å². The lowest BCUT2D eigenvalue weighted by Crippen LogP contribution is -2.30. The second-order valence-corrected chi connectivity index (χ2v) is 7.02. The Morgan fingerprint density at radius 2 is 1.60 bits per heavy atom. The second kappa shape index (κ2) is 8.30. The third kappa shape index (κ3) is 4.29. The molecule has 0 heterocycles. The van der Waals surface area contributed by atoms with Crippen LogP contribution in [0.5, 0.6) is 0 Å². The van der Waals surface area contributed by atoms with E-state index >= 15 is 0 Å². The van der Waals surface area contributed by atoms with Gasteiger partial charge in [-0.25, -0.2) is 0 Å². The Balaban J connectivity index is 1.54. The van der Waals surface area contributed by atoms with Crippen molar-refractivity contribution in [2.24, 2.45) is 0 Å². The maximum atomic E-state index is 10.9. The van der Waals surface area contributed by atoms with E-state index in [1.165, 1.54) is 22.3 Å². The third-order valence-corrected chi connectivity index (χ3v) is 5.07. The number of hydrogen-bond acceptors (Lipinski definition) is 2. The van der Waals surface area contributed by atoms with Crippen molar-refractivity contribution in [2.75, 3.05) is 13.1 Å². The van der Waals surface area contributed by atoms with E-state index in [2.05, 4.69) is 66.1 Å². The molecule has 3 rings (SSSR count). The fourth-order valence-electron chi connectivity index (χ4n) is 3.74. The third-order valence-electron chi connectivity index (χ3n) is 5.07. The number of unbranched alkanes of at least 4 members (excludes halogenated alkanes) is 1. The smallest absolute Gasteiger partial charge is 0.216 e. The van der Waals surface area contributed by atoms with E-state index in [-0.39, 0.29) is 5.91 Å². The molecule has 1 aliphatic rings. The van der Waals surface area contributed by atoms with Crippen LogP contribution in [0.2, 0.25) is 0 Å². The molecule has 0 aromatic heterocycles. The van der Waals surface area contributed by atoms with E-state index in [1.807, 2.05) is 0 Å². The van der Waals surface area contributed by atoms with Crippen molar-refractivity contribution in [2.45, 2.75) is 45.1 Å². The van der Waals surface area contributed by atoms with Crippen molar-refractivity contribution in [3.8, 4) is 11.1 Å². The van der Waals surface area contributed by atoms with Gasteiger partial charge in [-0.05, 0) is 42.0 Å². The Kier molecular flexibility index (Phi) is 5.87. The van der Waals surface area contributed by atoms with E-state index in [4.69, 9.17) is 0 Å². The Morgan fingerprint density at radius 1 is 1.00 bits per heavy atom. The quantitative estimate of drug-likeness (QED) is 0.713. The molecule has 132 valence electrons. The van der Waals surface area contributed by atoms with Crippen LogP contribution in [0.15, 0.2) is 48.5 Å². The van der Waals surface area contributed by atoms with Gasteiger partial charge in [-0.3, -0.25) is 4.79 Å². The van der Waals surface area contributed by atoms with Crippen LogP contribution < -0.4 is 10.6 Å². The zero-order valence-corrected chi connectivity index (χ0v) is 15.2. The average molecular weight is 336 g/mol. The number of fused-ring (bicyclic) bond motifs is 3. The molecule has 2 N–H and O–H groups in total. The van der Waals surface area contributed by atoms with Crippen molar-refractivity contribution in [3.63, 3.8) is 0 Å². The highest BCUT2D eigenvalue weighted by Gasteiger charge is 2.27. The van der Waals surface area contributed by atoms with Crippen LogP contribution in [0.1, 0.15) is 50.2 Å². The summed E-state index contributed by atoms with van der Waals surface area (Å²) < 4.78 is 0. The lowest BCUT2D eigenvalue weighted by molar-refractivity contribution is -0.118. The molecule has 0 saturated heterocycles. The van der Waals surface area contributed by atoms with Gasteiger partial charge in [0.25, 0.3) is 0 Å². The fourth-order valence-corrected chi connectivity index (χ4v) is 3.74. The normalized spacial score (nSPS) is 14.0. The van der Waals surface area contributed by atoms with Crippen LogP contribution in [0, 0.1) is 0 Å². The summed E-state index contributed by atoms with van der Waals surface area (Å²) in [6.45, 7) is 5.58. The molecule has 3 heteroatoms. The Hall–Kier alpha value is -2.13. The summed E-state index contributed by atoms with van der Waals surface area (Å²) in [6.07, 6.45) is 3.31. The van der Waals surface area contributed by atoms with Gasteiger partial charge in [0.1, 0.15) is 0 Å². The van der Waals surface area contributed by atoms with Crippen LogP contribution in [0.4, 0.5) is 0 Å². The predicted octanol–water partition coefficient (Wildman–Crippen LogP) is 4.08. The fraction of sp³-hybridized carbons (Fsp3) is 0.409. The van der Waals surface area contributed by atoms with Gasteiger partial charge in [-0.15, -0.1) is 0 Å². The molecule has 2 aromatic rings. The lowest BCUT2D eigenvalue weighted by Gasteiger charge is -2.19. The van der Waals surface area contributed by atoms with Gasteiger partial charge < -0.3 is 10.6 Å². The van der Waals surface area contributed by atoms with Gasteiger partial charge in [0.15, 0.2) is 0 Å². The standard InChI is InChI=1S/C22H28N2O/c1-16(9-7-8-14-23-17(2)25)24-15-22-20-12-5-3-10-18(20)19-11-4-6-13-21(19)22/h3-6,10-13,16,22,24H,7-9,14-15H2,1-2H3,(H,23,25). The van der Waals surface area contributed by atoms with Crippen LogP contribution >= 0.6 is 0 Å². The number of carbonyl (C=O) groups is 1. The molecule has 0 bridgehead atoms. The molecule has 0 aliphatic heterocycles. The van der Waals surface area contributed by atoms with Crippen LogP contribution in [0.3, 0.4) is 0 Å². The largest absolute Gasteiger partial charge is 0.356 e. The minimum Gasteiger partial charge on any atom is -0.356 e. The molecule has 0 radical (unpaired) electrons. The Morgan fingerprint density at radius 3 is 2.20 bits per heavy atom. The summed E-state index contributed by atoms with van der Waals surface area (Å²) in [5, 5.41) is 6.58. The molecular formula is C22H28N2O. The van der Waals surface area contributed by atoms with Gasteiger partial charge in [-0.2, -0.15) is 0 Å². The van der Waals surface area contributed by atoms with Gasteiger partial charge >= 0.3 is 0 Å². The van der Waals surface area contributed by atoms with Crippen LogP contribution in [0.25, 0.3) is 11.1 Å². The summed E-state index contributed by atoms with van der Waals surface area (Å²) in [4.78, 5) is 10.9. The lowest BCUT2D eigenvalue weighted by atomic mass is 9.96. The number of nitrogens with one attached hydrogen (secondary N) is 2. The van der Waals surface area contributed by atoms with Gasteiger partial charge in [0.05, 0.1) is 0 Å². The first kappa shape index (κ1) is 17.7. The highest BCUT2D eigenvalue weighted by Crippen LogP contribution is 2.44. The molecule has 25 heavy (non-hydrogen) atoms. The number of hydrogen-bond donors (Lipinski definition) is 2. The zero-order valence-electron chi connectivity index (χ0n) is 15.2. The topological polar surface area (TPSA) is 41.1 Å². The summed E-state index contributed by atoms with van der Waals surface area (Å²) >= 11 is 0. The first-order chi connectivity index (χ1) is 12.2. The molecule has 1 unspecified atom stereocenters. The van der Waals surface area contributed by atoms with E-state index in [0.717, 1.165) is 32.4 Å². The van der Waals surface area contributed by atoms with E-state index in [1.54, 1.807) is 6.92 Å². The molecule has 0 spiro atoms. The van der Waals surface area contributed by atoms with E-state index in [0.29, 0.717) is 12.0 Å². The molecule has 3 nitrogen and oxygen atoms in total. The summed E-state index contributed by atoms with van der Waals surface area (Å²) in [5.74, 6) is 0.499. The van der Waals surface area contributed by atoms with Gasteiger partial charge in [-0.1, -0.05) is 55.0 Å². The van der Waals surface area contributed by atoms with Crippen molar-refractivity contribution in [1.82, 2.24) is 10.6 Å². The molecular weight excluding hydrogens is 308 g/mol. The van der Waals surface area contributed by atoms with Crippen LogP contribution in [-0.4, -0.2) is 25.0 Å². The van der Waals surface area contributed by atoms with E-state index in [9.17, 15) is 4.79 Å².